The molecule has 118 valence electrons. The molecule has 0 aromatic heterocycles. The summed E-state index contributed by atoms with van der Waals surface area (Å²) >= 11 is 0. The smallest absolute Gasteiger partial charge is 0.260 e. The first-order valence-corrected chi connectivity index (χ1v) is 7.44. The monoisotopic (exact) mass is 296 g/mol. The number of halogens is 1. The van der Waals surface area contributed by atoms with Crippen LogP contribution in [0.1, 0.15) is 39.7 Å². The van der Waals surface area contributed by atoms with Gasteiger partial charge in [0.2, 0.25) is 0 Å². The maximum absolute atomic E-state index is 13.3. The number of ether oxygens (including phenoxy) is 1. The molecule has 0 aliphatic rings. The Labute approximate surface area is 126 Å². The van der Waals surface area contributed by atoms with Crippen molar-refractivity contribution in [3.05, 3.63) is 29.6 Å². The number of carbonyl (C=O) groups is 1. The lowest BCUT2D eigenvalue weighted by Gasteiger charge is -2.19. The molecule has 0 aliphatic heterocycles. The van der Waals surface area contributed by atoms with Crippen molar-refractivity contribution in [3.8, 4) is 5.75 Å². The largest absolute Gasteiger partial charge is 0.481 e. The zero-order valence-corrected chi connectivity index (χ0v) is 13.2. The molecule has 0 aliphatic carbocycles. The van der Waals surface area contributed by atoms with Gasteiger partial charge in [-0.25, -0.2) is 4.39 Å². The molecular formula is C16H25FN2O2. The van der Waals surface area contributed by atoms with Crippen LogP contribution in [0, 0.1) is 5.82 Å². The molecule has 5 heteroatoms. The van der Waals surface area contributed by atoms with Crippen molar-refractivity contribution >= 4 is 5.91 Å². The minimum atomic E-state index is -0.621. The standard InChI is InChI=1S/C16H25FN2O2/c1-5-11(3)19-16(20)12(4)21-15-8-7-14(17)9-13(15)10-18-6-2/h7-9,11-12,18H,5-6,10H2,1-4H3,(H,19,20). The van der Waals surface area contributed by atoms with E-state index in [9.17, 15) is 9.18 Å². The maximum Gasteiger partial charge on any atom is 0.260 e. The molecule has 0 fully saturated rings. The molecule has 0 heterocycles. The molecule has 0 spiro atoms. The maximum atomic E-state index is 13.3. The minimum Gasteiger partial charge on any atom is -0.481 e. The highest BCUT2D eigenvalue weighted by molar-refractivity contribution is 5.81. The van der Waals surface area contributed by atoms with E-state index in [1.54, 1.807) is 13.0 Å². The first-order valence-electron chi connectivity index (χ1n) is 7.44. The summed E-state index contributed by atoms with van der Waals surface area (Å²) in [5, 5.41) is 6.00. The van der Waals surface area contributed by atoms with Crippen LogP contribution in [0.25, 0.3) is 0 Å². The third-order valence-electron chi connectivity index (χ3n) is 3.26. The predicted octanol–water partition coefficient (Wildman–Crippen LogP) is 2.62. The van der Waals surface area contributed by atoms with Gasteiger partial charge in [-0.3, -0.25) is 4.79 Å². The van der Waals surface area contributed by atoms with Crippen molar-refractivity contribution in [1.29, 1.82) is 0 Å². The van der Waals surface area contributed by atoms with E-state index in [1.165, 1.54) is 12.1 Å². The fourth-order valence-electron chi connectivity index (χ4n) is 1.77. The summed E-state index contributed by atoms with van der Waals surface area (Å²) in [6, 6.07) is 4.44. The summed E-state index contributed by atoms with van der Waals surface area (Å²) in [7, 11) is 0. The average Bonchev–Trinajstić information content (AvgIpc) is 2.46. The molecule has 0 bridgehead atoms. The number of hydrogen-bond donors (Lipinski definition) is 2. The number of hydrogen-bond acceptors (Lipinski definition) is 3. The lowest BCUT2D eigenvalue weighted by Crippen LogP contribution is -2.41. The number of carbonyl (C=O) groups excluding carboxylic acids is 1. The van der Waals surface area contributed by atoms with Gasteiger partial charge in [0.05, 0.1) is 0 Å². The van der Waals surface area contributed by atoms with Gasteiger partial charge in [0.1, 0.15) is 11.6 Å². The first kappa shape index (κ1) is 17.4. The van der Waals surface area contributed by atoms with Gasteiger partial charge in [-0.15, -0.1) is 0 Å². The fourth-order valence-corrected chi connectivity index (χ4v) is 1.77. The van der Waals surface area contributed by atoms with Crippen molar-refractivity contribution in [2.24, 2.45) is 0 Å². The van der Waals surface area contributed by atoms with Gasteiger partial charge in [0, 0.05) is 18.2 Å². The molecule has 1 amide bonds. The normalized spacial score (nSPS) is 13.6. The Hall–Kier alpha value is -1.62. The highest BCUT2D eigenvalue weighted by Gasteiger charge is 2.17. The van der Waals surface area contributed by atoms with Crippen LogP contribution in [0.5, 0.6) is 5.75 Å². The van der Waals surface area contributed by atoms with Crippen molar-refractivity contribution in [2.45, 2.75) is 52.8 Å². The van der Waals surface area contributed by atoms with Crippen LogP contribution >= 0.6 is 0 Å². The third kappa shape index (κ3) is 5.71. The Morgan fingerprint density at radius 2 is 2.05 bits per heavy atom. The molecule has 2 unspecified atom stereocenters. The van der Waals surface area contributed by atoms with E-state index in [2.05, 4.69) is 10.6 Å². The SMILES string of the molecule is CCNCc1cc(F)ccc1OC(C)C(=O)NC(C)CC. The van der Waals surface area contributed by atoms with Gasteiger partial charge >= 0.3 is 0 Å². The Morgan fingerprint density at radius 1 is 1.33 bits per heavy atom. The van der Waals surface area contributed by atoms with Crippen LogP contribution in [0.2, 0.25) is 0 Å². The second-order valence-corrected chi connectivity index (χ2v) is 5.11. The molecule has 1 aromatic rings. The fraction of sp³-hybridized carbons (Fsp3) is 0.562. The first-order chi connectivity index (χ1) is 9.97. The summed E-state index contributed by atoms with van der Waals surface area (Å²) in [6.45, 7) is 8.90. The summed E-state index contributed by atoms with van der Waals surface area (Å²) in [5.41, 5.74) is 0.708. The molecular weight excluding hydrogens is 271 g/mol. The van der Waals surface area contributed by atoms with Gasteiger partial charge in [-0.05, 0) is 45.0 Å². The molecule has 1 aromatic carbocycles. The zero-order chi connectivity index (χ0) is 15.8. The second-order valence-electron chi connectivity index (χ2n) is 5.11. The van der Waals surface area contributed by atoms with Crippen molar-refractivity contribution in [1.82, 2.24) is 10.6 Å². The topological polar surface area (TPSA) is 50.4 Å². The van der Waals surface area contributed by atoms with E-state index in [0.29, 0.717) is 17.9 Å². The number of nitrogens with one attached hydrogen (secondary N) is 2. The van der Waals surface area contributed by atoms with E-state index in [-0.39, 0.29) is 17.8 Å². The molecule has 21 heavy (non-hydrogen) atoms. The molecule has 0 saturated carbocycles. The van der Waals surface area contributed by atoms with Crippen molar-refractivity contribution in [2.75, 3.05) is 6.54 Å². The molecule has 0 saturated heterocycles. The molecule has 0 radical (unpaired) electrons. The minimum absolute atomic E-state index is 0.109. The Kier molecular flexibility index (Phi) is 7.15. The van der Waals surface area contributed by atoms with Crippen molar-refractivity contribution in [3.63, 3.8) is 0 Å². The summed E-state index contributed by atoms with van der Waals surface area (Å²) in [4.78, 5) is 12.0. The van der Waals surface area contributed by atoms with Gasteiger partial charge < -0.3 is 15.4 Å². The van der Waals surface area contributed by atoms with Gasteiger partial charge in [-0.1, -0.05) is 13.8 Å². The van der Waals surface area contributed by atoms with E-state index in [4.69, 9.17) is 4.74 Å². The molecule has 2 N–H and O–H groups in total. The lowest BCUT2D eigenvalue weighted by molar-refractivity contribution is -0.127. The van der Waals surface area contributed by atoms with Crippen LogP contribution in [-0.4, -0.2) is 24.6 Å². The van der Waals surface area contributed by atoms with E-state index < -0.39 is 6.10 Å². The highest BCUT2D eigenvalue weighted by atomic mass is 19.1. The Morgan fingerprint density at radius 3 is 2.67 bits per heavy atom. The van der Waals surface area contributed by atoms with Crippen LogP contribution in [0.15, 0.2) is 18.2 Å². The van der Waals surface area contributed by atoms with E-state index in [1.807, 2.05) is 20.8 Å². The number of rotatable bonds is 8. The molecule has 2 atom stereocenters. The number of benzene rings is 1. The van der Waals surface area contributed by atoms with E-state index in [0.717, 1.165) is 13.0 Å². The second kappa shape index (κ2) is 8.62. The molecule has 1 rings (SSSR count). The Bertz CT molecular complexity index is 466. The Balaban J connectivity index is 2.74. The zero-order valence-electron chi connectivity index (χ0n) is 13.2. The quantitative estimate of drug-likeness (QED) is 0.775. The average molecular weight is 296 g/mol. The van der Waals surface area contributed by atoms with Crippen LogP contribution < -0.4 is 15.4 Å². The van der Waals surface area contributed by atoms with Crippen LogP contribution in [0.3, 0.4) is 0 Å². The summed E-state index contributed by atoms with van der Waals surface area (Å²) < 4.78 is 19.0. The summed E-state index contributed by atoms with van der Waals surface area (Å²) in [5.74, 6) is 0.0548. The predicted molar refractivity (Wildman–Crippen MR) is 81.8 cm³/mol. The summed E-state index contributed by atoms with van der Waals surface area (Å²) in [6.07, 6.45) is 0.241. The van der Waals surface area contributed by atoms with Crippen LogP contribution in [-0.2, 0) is 11.3 Å². The molecule has 4 nitrogen and oxygen atoms in total. The highest BCUT2D eigenvalue weighted by Crippen LogP contribution is 2.21. The lowest BCUT2D eigenvalue weighted by atomic mass is 10.2. The van der Waals surface area contributed by atoms with Gasteiger partial charge in [0.25, 0.3) is 5.91 Å². The third-order valence-corrected chi connectivity index (χ3v) is 3.26. The number of amides is 1. The van der Waals surface area contributed by atoms with Gasteiger partial charge in [0.15, 0.2) is 6.10 Å². The van der Waals surface area contributed by atoms with Crippen LogP contribution in [0.4, 0.5) is 4.39 Å². The van der Waals surface area contributed by atoms with Gasteiger partial charge in [-0.2, -0.15) is 0 Å². The van der Waals surface area contributed by atoms with Crippen molar-refractivity contribution < 1.29 is 13.9 Å². The van der Waals surface area contributed by atoms with E-state index >= 15 is 0 Å².